The number of nitrogens with zero attached hydrogens (tertiary/aromatic N) is 1. The van der Waals surface area contributed by atoms with E-state index < -0.39 is 33.7 Å². The fourth-order valence-electron chi connectivity index (χ4n) is 2.92. The average molecular weight is 460 g/mol. The van der Waals surface area contributed by atoms with Crippen molar-refractivity contribution < 1.29 is 23.2 Å². The van der Waals surface area contributed by atoms with Crippen molar-refractivity contribution in [1.82, 2.24) is 15.3 Å². The predicted octanol–water partition coefficient (Wildman–Crippen LogP) is 2.51. The molecule has 0 spiro atoms. The number of amides is 2. The number of hydrogen-bond donors (Lipinski definition) is 3. The first-order chi connectivity index (χ1) is 14.0. The molecule has 0 fully saturated rings. The first-order valence-electron chi connectivity index (χ1n) is 9.85. The van der Waals surface area contributed by atoms with Gasteiger partial charge in [-0.3, -0.25) is 20.2 Å². The van der Waals surface area contributed by atoms with Crippen molar-refractivity contribution in [2.45, 2.75) is 39.0 Å². The molecule has 0 saturated heterocycles. The van der Waals surface area contributed by atoms with Gasteiger partial charge in [-0.25, -0.2) is 13.9 Å². The van der Waals surface area contributed by atoms with Crippen LogP contribution in [-0.4, -0.2) is 48.4 Å². The van der Waals surface area contributed by atoms with Gasteiger partial charge in [0, 0.05) is 17.2 Å². The fourth-order valence-corrected chi connectivity index (χ4v) is 4.85. The third-order valence-corrected chi connectivity index (χ3v) is 6.51. The van der Waals surface area contributed by atoms with Crippen molar-refractivity contribution in [3.8, 4) is 0 Å². The summed E-state index contributed by atoms with van der Waals surface area (Å²) in [6.45, 7) is 7.64. The smallest absolute Gasteiger partial charge is 0.248 e. The molecule has 0 radical (unpaired) electrons. The molecule has 0 bridgehead atoms. The molecule has 0 aliphatic rings. The number of sulfonamides is 1. The fraction of sp³-hybridized carbons (Fsp3) is 0.600. The van der Waals surface area contributed by atoms with E-state index >= 15 is 0 Å². The molecular weight excluding hydrogens is 426 g/mol. The molecule has 1 aromatic rings. The number of hydrogen-bond acceptors (Lipinski definition) is 6. The zero-order valence-corrected chi connectivity index (χ0v) is 19.8. The summed E-state index contributed by atoms with van der Waals surface area (Å²) in [5, 5.41) is 9.25. The number of thioether (sulfide) groups is 1. The van der Waals surface area contributed by atoms with E-state index in [1.54, 1.807) is 5.48 Å². The Hall–Kier alpha value is -1.62. The standard InChI is InChI=1S/C20H33N3O5S2/c1-14(2)11-17(19(24)21-23(12-15(3)4)30(5,27)28)18(20(25)22-26)13-29-16-9-7-6-8-10-16/h6-10,14-15,17-18,26H,11-13H2,1-5H3,(H,21,24)(H,22,25)/t17-,18+/m1/s1. The summed E-state index contributed by atoms with van der Waals surface area (Å²) in [6, 6.07) is 9.41. The molecule has 2 atom stereocenters. The Morgan fingerprint density at radius 1 is 1.03 bits per heavy atom. The lowest BCUT2D eigenvalue weighted by atomic mass is 9.85. The molecular formula is C20H33N3O5S2. The Balaban J connectivity index is 3.12. The number of carbonyl (C=O) groups is 2. The van der Waals surface area contributed by atoms with Crippen molar-refractivity contribution in [2.24, 2.45) is 23.7 Å². The molecule has 0 aliphatic heterocycles. The second-order valence-corrected chi connectivity index (χ2v) is 11.1. The molecule has 2 amide bonds. The predicted molar refractivity (Wildman–Crippen MR) is 118 cm³/mol. The number of hydrazine groups is 1. The van der Waals surface area contributed by atoms with Crippen molar-refractivity contribution in [2.75, 3.05) is 18.6 Å². The van der Waals surface area contributed by atoms with Gasteiger partial charge in [0.05, 0.1) is 18.1 Å². The van der Waals surface area contributed by atoms with Crippen molar-refractivity contribution in [3.63, 3.8) is 0 Å². The number of hydroxylamine groups is 1. The van der Waals surface area contributed by atoms with E-state index in [1.165, 1.54) is 11.8 Å². The highest BCUT2D eigenvalue weighted by Crippen LogP contribution is 2.28. The van der Waals surface area contributed by atoms with Gasteiger partial charge in [0.25, 0.3) is 0 Å². The first kappa shape index (κ1) is 26.4. The minimum absolute atomic E-state index is 0.00579. The Labute approximate surface area is 183 Å². The van der Waals surface area contributed by atoms with Crippen LogP contribution in [0.15, 0.2) is 35.2 Å². The highest BCUT2D eigenvalue weighted by atomic mass is 32.2. The van der Waals surface area contributed by atoms with Gasteiger partial charge in [-0.05, 0) is 30.4 Å². The molecule has 3 N–H and O–H groups in total. The molecule has 0 aromatic heterocycles. The molecule has 0 aliphatic carbocycles. The van der Waals surface area contributed by atoms with E-state index in [4.69, 9.17) is 0 Å². The minimum atomic E-state index is -3.68. The van der Waals surface area contributed by atoms with Crippen LogP contribution in [0.3, 0.4) is 0 Å². The van der Waals surface area contributed by atoms with E-state index in [1.807, 2.05) is 58.0 Å². The third kappa shape index (κ3) is 9.03. The van der Waals surface area contributed by atoms with Crippen LogP contribution >= 0.6 is 11.8 Å². The average Bonchev–Trinajstić information content (AvgIpc) is 2.65. The number of rotatable bonds is 12. The monoisotopic (exact) mass is 459 g/mol. The highest BCUT2D eigenvalue weighted by molar-refractivity contribution is 7.99. The lowest BCUT2D eigenvalue weighted by molar-refractivity contribution is -0.141. The summed E-state index contributed by atoms with van der Waals surface area (Å²) in [4.78, 5) is 26.5. The summed E-state index contributed by atoms with van der Waals surface area (Å²) in [5.74, 6) is -2.56. The maximum absolute atomic E-state index is 13.1. The zero-order chi connectivity index (χ0) is 22.9. The Kier molecular flexibility index (Phi) is 10.8. The van der Waals surface area contributed by atoms with Crippen molar-refractivity contribution in [3.05, 3.63) is 30.3 Å². The second-order valence-electron chi connectivity index (χ2n) is 8.11. The molecule has 1 aromatic carbocycles. The zero-order valence-electron chi connectivity index (χ0n) is 18.2. The molecule has 10 heteroatoms. The molecule has 0 unspecified atom stereocenters. The Morgan fingerprint density at radius 2 is 1.63 bits per heavy atom. The van der Waals surface area contributed by atoms with Crippen LogP contribution in [0, 0.1) is 23.7 Å². The van der Waals surface area contributed by atoms with Gasteiger partial charge < -0.3 is 0 Å². The van der Waals surface area contributed by atoms with Crippen LogP contribution in [0.25, 0.3) is 0 Å². The maximum atomic E-state index is 13.1. The van der Waals surface area contributed by atoms with Crippen molar-refractivity contribution in [1.29, 1.82) is 0 Å². The van der Waals surface area contributed by atoms with Gasteiger partial charge in [0.15, 0.2) is 0 Å². The molecule has 0 saturated carbocycles. The number of carbonyl (C=O) groups excluding carboxylic acids is 2. The SMILES string of the molecule is CC(C)C[C@@H](C(=O)NN(CC(C)C)S(C)(=O)=O)[C@H](CSc1ccccc1)C(=O)NO. The summed E-state index contributed by atoms with van der Waals surface area (Å²) >= 11 is 1.40. The summed E-state index contributed by atoms with van der Waals surface area (Å²) in [5.41, 5.74) is 4.15. The van der Waals surface area contributed by atoms with Gasteiger partial charge in [0.1, 0.15) is 0 Å². The third-order valence-electron chi connectivity index (χ3n) is 4.33. The lowest BCUT2D eigenvalue weighted by Crippen LogP contribution is -2.52. The molecule has 8 nitrogen and oxygen atoms in total. The minimum Gasteiger partial charge on any atom is -0.289 e. The Morgan fingerprint density at radius 3 is 2.10 bits per heavy atom. The molecule has 1 rings (SSSR count). The molecule has 170 valence electrons. The number of benzene rings is 1. The summed E-state index contributed by atoms with van der Waals surface area (Å²) < 4.78 is 25.1. The van der Waals surface area contributed by atoms with Crippen LogP contribution in [0.1, 0.15) is 34.1 Å². The quantitative estimate of drug-likeness (QED) is 0.251. The van der Waals surface area contributed by atoms with Crippen LogP contribution < -0.4 is 10.9 Å². The van der Waals surface area contributed by atoms with Gasteiger partial charge in [-0.15, -0.1) is 16.2 Å². The van der Waals surface area contributed by atoms with Crippen LogP contribution in [0.2, 0.25) is 0 Å². The molecule has 0 heterocycles. The van der Waals surface area contributed by atoms with Gasteiger partial charge in [-0.2, -0.15) is 0 Å². The van der Waals surface area contributed by atoms with Crippen LogP contribution in [0.4, 0.5) is 0 Å². The topological polar surface area (TPSA) is 116 Å². The first-order valence-corrected chi connectivity index (χ1v) is 12.7. The van der Waals surface area contributed by atoms with E-state index in [0.29, 0.717) is 6.42 Å². The van der Waals surface area contributed by atoms with Gasteiger partial charge >= 0.3 is 0 Å². The highest BCUT2D eigenvalue weighted by Gasteiger charge is 2.36. The lowest BCUT2D eigenvalue weighted by Gasteiger charge is -2.29. The van der Waals surface area contributed by atoms with Crippen LogP contribution in [-0.2, 0) is 19.6 Å². The van der Waals surface area contributed by atoms with E-state index in [0.717, 1.165) is 15.6 Å². The van der Waals surface area contributed by atoms with Crippen LogP contribution in [0.5, 0.6) is 0 Å². The number of nitrogens with one attached hydrogen (secondary N) is 2. The van der Waals surface area contributed by atoms with E-state index in [9.17, 15) is 23.2 Å². The van der Waals surface area contributed by atoms with Gasteiger partial charge in [0.2, 0.25) is 21.8 Å². The van der Waals surface area contributed by atoms with Crippen molar-refractivity contribution >= 4 is 33.6 Å². The maximum Gasteiger partial charge on any atom is 0.248 e. The van der Waals surface area contributed by atoms with E-state index in [-0.39, 0.29) is 24.1 Å². The largest absolute Gasteiger partial charge is 0.289 e. The summed E-state index contributed by atoms with van der Waals surface area (Å²) in [7, 11) is -3.68. The second kappa shape index (κ2) is 12.3. The normalized spacial score (nSPS) is 14.0. The van der Waals surface area contributed by atoms with E-state index in [2.05, 4.69) is 5.43 Å². The van der Waals surface area contributed by atoms with Gasteiger partial charge in [-0.1, -0.05) is 45.9 Å². The molecule has 30 heavy (non-hydrogen) atoms. The summed E-state index contributed by atoms with van der Waals surface area (Å²) in [6.07, 6.45) is 1.38. The Bertz CT molecular complexity index is 785.